The number of nitrogens with zero attached hydrogens (tertiary/aromatic N) is 1. The average molecular weight is 486 g/mol. The molecule has 196 valence electrons. The maximum absolute atomic E-state index is 13.8. The van der Waals surface area contributed by atoms with Crippen LogP contribution in [0.1, 0.15) is 89.9 Å². The van der Waals surface area contributed by atoms with Gasteiger partial charge in [0.1, 0.15) is 6.29 Å². The molecular formula is C28H47N5O2. The zero-order valence-electron chi connectivity index (χ0n) is 21.4. The largest absolute Gasteiger partial charge is 0.387 e. The van der Waals surface area contributed by atoms with E-state index in [4.69, 9.17) is 16.9 Å². The van der Waals surface area contributed by atoms with Crippen LogP contribution in [0.4, 0.5) is 0 Å². The molecule has 5 aliphatic rings. The lowest BCUT2D eigenvalue weighted by Gasteiger charge is -2.45. The lowest BCUT2D eigenvalue weighted by molar-refractivity contribution is -0.131. The SMILES string of the molecule is N=C(N)C1CCC2C(C=O)C(C(=O)NC3CCC(N)CC3)N(CC3CCCC4CCCCC43)C2C1. The number of fused-ring (bicyclic) bond motifs is 2. The molecule has 1 amide bonds. The molecule has 1 heterocycles. The highest BCUT2D eigenvalue weighted by Crippen LogP contribution is 2.49. The smallest absolute Gasteiger partial charge is 0.238 e. The number of aldehydes is 1. The molecular weight excluding hydrogens is 438 g/mol. The van der Waals surface area contributed by atoms with Crippen molar-refractivity contribution >= 4 is 18.0 Å². The third kappa shape index (κ3) is 5.18. The minimum absolute atomic E-state index is 0.0485. The van der Waals surface area contributed by atoms with E-state index in [9.17, 15) is 9.59 Å². The number of nitrogens with two attached hydrogens (primary N) is 2. The van der Waals surface area contributed by atoms with Crippen molar-refractivity contribution in [3.8, 4) is 0 Å². The molecule has 0 aromatic carbocycles. The summed E-state index contributed by atoms with van der Waals surface area (Å²) in [4.78, 5) is 28.8. The molecule has 4 saturated carbocycles. The number of rotatable bonds is 6. The Morgan fingerprint density at radius 2 is 1.69 bits per heavy atom. The van der Waals surface area contributed by atoms with Gasteiger partial charge in [0, 0.05) is 36.5 Å². The minimum Gasteiger partial charge on any atom is -0.387 e. The van der Waals surface area contributed by atoms with Crippen molar-refractivity contribution in [2.45, 2.75) is 114 Å². The quantitative estimate of drug-likeness (QED) is 0.261. The van der Waals surface area contributed by atoms with Crippen molar-refractivity contribution in [2.75, 3.05) is 6.54 Å². The number of nitrogens with one attached hydrogen (secondary N) is 2. The first kappa shape index (κ1) is 25.2. The summed E-state index contributed by atoms with van der Waals surface area (Å²) < 4.78 is 0. The van der Waals surface area contributed by atoms with Crippen molar-refractivity contribution in [2.24, 2.45) is 47.0 Å². The predicted octanol–water partition coefficient (Wildman–Crippen LogP) is 3.20. The normalized spacial score (nSPS) is 44.1. The van der Waals surface area contributed by atoms with Gasteiger partial charge in [-0.3, -0.25) is 15.1 Å². The predicted molar refractivity (Wildman–Crippen MR) is 138 cm³/mol. The van der Waals surface area contributed by atoms with Crippen molar-refractivity contribution in [3.63, 3.8) is 0 Å². The lowest BCUT2D eigenvalue weighted by Crippen LogP contribution is -2.54. The molecule has 8 unspecified atom stereocenters. The maximum Gasteiger partial charge on any atom is 0.238 e. The molecule has 0 spiro atoms. The Morgan fingerprint density at radius 3 is 2.43 bits per heavy atom. The summed E-state index contributed by atoms with van der Waals surface area (Å²) in [7, 11) is 0. The third-order valence-electron chi connectivity index (χ3n) is 10.7. The van der Waals surface area contributed by atoms with Crippen LogP contribution in [0.15, 0.2) is 0 Å². The second-order valence-electron chi connectivity index (χ2n) is 12.6. The van der Waals surface area contributed by atoms with E-state index in [0.717, 1.165) is 69.6 Å². The van der Waals surface area contributed by atoms with Gasteiger partial charge < -0.3 is 21.6 Å². The first-order valence-electron chi connectivity index (χ1n) is 14.6. The molecule has 5 fully saturated rings. The Labute approximate surface area is 211 Å². The second-order valence-corrected chi connectivity index (χ2v) is 12.6. The Bertz CT molecular complexity index is 779. The van der Waals surface area contributed by atoms with Gasteiger partial charge in [0.25, 0.3) is 0 Å². The van der Waals surface area contributed by atoms with Crippen LogP contribution in [0, 0.1) is 40.9 Å². The Morgan fingerprint density at radius 1 is 0.943 bits per heavy atom. The van der Waals surface area contributed by atoms with E-state index >= 15 is 0 Å². The lowest BCUT2D eigenvalue weighted by atomic mass is 9.65. The topological polar surface area (TPSA) is 125 Å². The van der Waals surface area contributed by atoms with Crippen LogP contribution >= 0.6 is 0 Å². The first-order valence-corrected chi connectivity index (χ1v) is 14.6. The zero-order chi connectivity index (χ0) is 24.5. The van der Waals surface area contributed by atoms with E-state index in [-0.39, 0.29) is 53.7 Å². The summed E-state index contributed by atoms with van der Waals surface area (Å²) in [6.07, 6.45) is 16.7. The molecule has 35 heavy (non-hydrogen) atoms. The van der Waals surface area contributed by atoms with Gasteiger partial charge in [-0.1, -0.05) is 32.1 Å². The number of carbonyl (C=O) groups excluding carboxylic acids is 2. The van der Waals surface area contributed by atoms with Gasteiger partial charge in [-0.05, 0) is 81.5 Å². The van der Waals surface area contributed by atoms with Crippen LogP contribution in [-0.4, -0.2) is 53.6 Å². The van der Waals surface area contributed by atoms with Gasteiger partial charge in [-0.25, -0.2) is 0 Å². The summed E-state index contributed by atoms with van der Waals surface area (Å²) in [5, 5.41) is 11.4. The number of hydrogen-bond donors (Lipinski definition) is 4. The Balaban J connectivity index is 1.38. The van der Waals surface area contributed by atoms with Crippen LogP contribution in [-0.2, 0) is 9.59 Å². The van der Waals surface area contributed by atoms with Crippen molar-refractivity contribution in [1.82, 2.24) is 10.2 Å². The van der Waals surface area contributed by atoms with Crippen molar-refractivity contribution < 1.29 is 9.59 Å². The maximum atomic E-state index is 13.8. The third-order valence-corrected chi connectivity index (χ3v) is 10.7. The summed E-state index contributed by atoms with van der Waals surface area (Å²) in [5.41, 5.74) is 12.1. The van der Waals surface area contributed by atoms with Gasteiger partial charge in [-0.2, -0.15) is 0 Å². The number of likely N-dealkylation sites (tertiary alicyclic amines) is 1. The summed E-state index contributed by atoms with van der Waals surface area (Å²) >= 11 is 0. The highest BCUT2D eigenvalue weighted by atomic mass is 16.2. The van der Waals surface area contributed by atoms with Gasteiger partial charge in [-0.15, -0.1) is 0 Å². The molecule has 1 saturated heterocycles. The highest BCUT2D eigenvalue weighted by molar-refractivity contribution is 5.86. The summed E-state index contributed by atoms with van der Waals surface area (Å²) in [6.45, 7) is 0.922. The van der Waals surface area contributed by atoms with Crippen LogP contribution in [0.3, 0.4) is 0 Å². The molecule has 7 nitrogen and oxygen atoms in total. The van der Waals surface area contributed by atoms with Crippen LogP contribution in [0.25, 0.3) is 0 Å². The van der Waals surface area contributed by atoms with E-state index in [1.54, 1.807) is 0 Å². The molecule has 0 aromatic heterocycles. The number of amides is 1. The van der Waals surface area contributed by atoms with E-state index in [0.29, 0.717) is 5.92 Å². The number of amidine groups is 1. The molecule has 5 rings (SSSR count). The molecule has 0 radical (unpaired) electrons. The van der Waals surface area contributed by atoms with Crippen molar-refractivity contribution in [3.05, 3.63) is 0 Å². The Hall–Kier alpha value is -1.47. The fourth-order valence-electron chi connectivity index (χ4n) is 8.81. The zero-order valence-corrected chi connectivity index (χ0v) is 21.4. The number of carbonyl (C=O) groups is 2. The monoisotopic (exact) mass is 485 g/mol. The van der Waals surface area contributed by atoms with Gasteiger partial charge in [0.15, 0.2) is 0 Å². The van der Waals surface area contributed by atoms with E-state index in [2.05, 4.69) is 10.2 Å². The first-order chi connectivity index (χ1) is 17.0. The van der Waals surface area contributed by atoms with Crippen LogP contribution in [0.5, 0.6) is 0 Å². The molecule has 0 aromatic rings. The highest BCUT2D eigenvalue weighted by Gasteiger charge is 2.54. The number of hydrogen-bond acceptors (Lipinski definition) is 5. The van der Waals surface area contributed by atoms with E-state index in [1.165, 1.54) is 44.9 Å². The van der Waals surface area contributed by atoms with Crippen LogP contribution in [0.2, 0.25) is 0 Å². The average Bonchev–Trinajstić information content (AvgIpc) is 3.18. The minimum atomic E-state index is -0.382. The molecule has 8 atom stereocenters. The second kappa shape index (κ2) is 10.9. The van der Waals surface area contributed by atoms with Crippen molar-refractivity contribution in [1.29, 1.82) is 5.41 Å². The van der Waals surface area contributed by atoms with Gasteiger partial charge in [0.2, 0.25) is 5.91 Å². The molecule has 4 aliphatic carbocycles. The van der Waals surface area contributed by atoms with Gasteiger partial charge >= 0.3 is 0 Å². The van der Waals surface area contributed by atoms with E-state index < -0.39 is 0 Å². The van der Waals surface area contributed by atoms with Gasteiger partial charge in [0.05, 0.1) is 11.9 Å². The fraction of sp³-hybridized carbons (Fsp3) is 0.893. The molecule has 1 aliphatic heterocycles. The van der Waals surface area contributed by atoms with Crippen LogP contribution < -0.4 is 16.8 Å². The summed E-state index contributed by atoms with van der Waals surface area (Å²) in [5.74, 6) is 2.55. The standard InChI is InChI=1S/C28H47N5O2/c29-20-9-11-21(12-10-20)32-28(35)26-24(16-34)23-13-8-18(27(30)31)14-25(23)33(26)15-19-6-3-5-17-4-1-2-7-22(17)19/h16-26H,1-15,29H2,(H3,30,31)(H,32,35). The Kier molecular flexibility index (Phi) is 7.83. The molecule has 6 N–H and O–H groups in total. The van der Waals surface area contributed by atoms with E-state index in [1.807, 2.05) is 0 Å². The fourth-order valence-corrected chi connectivity index (χ4v) is 8.81. The molecule has 0 bridgehead atoms. The summed E-state index contributed by atoms with van der Waals surface area (Å²) in [6, 6.07) is 0.205. The molecule has 7 heteroatoms.